The fourth-order valence-corrected chi connectivity index (χ4v) is 20.7. The van der Waals surface area contributed by atoms with Gasteiger partial charge >= 0.3 is 32.0 Å². The molecule has 4 N–H and O–H groups in total. The van der Waals surface area contributed by atoms with Gasteiger partial charge in [0.1, 0.15) is 80.9 Å². The molecule has 768 valence electrons. The maximum absolute atomic E-state index is 16.1. The predicted octanol–water partition coefficient (Wildman–Crippen LogP) is 20.4. The first kappa shape index (κ1) is 117. The van der Waals surface area contributed by atoms with Crippen LogP contribution in [-0.2, 0) is 94.3 Å². The molecule has 5 amide bonds. The van der Waals surface area contributed by atoms with Gasteiger partial charge in [-0.25, -0.2) is 14.2 Å². The summed E-state index contributed by atoms with van der Waals surface area (Å²) in [5, 5.41) is 14.3. The molecule has 139 heavy (non-hydrogen) atoms. The Bertz CT molecular complexity index is 4400. The normalized spacial score (nSPS) is 18.2. The Balaban J connectivity index is 1.27. The van der Waals surface area contributed by atoms with Crippen molar-refractivity contribution in [3.05, 3.63) is 182 Å². The Morgan fingerprint density at radius 1 is 0.388 bits per heavy atom. The summed E-state index contributed by atoms with van der Waals surface area (Å²) in [5.41, 5.74) is 0. The molecule has 0 aliphatic carbocycles. The molecule has 0 unspecified atom stereocenters. The highest BCUT2D eigenvalue weighted by Crippen LogP contribution is 2.53. The SMILES string of the molecule is CCCCCCCCCCCC(=O)NCC(=O)O[C@@H]1[C@H](NC(=O)CN(C)C(=O)CCCCCCCCCCC)[C@@H](OCCOP(c2ccccc2)c2ccccc2)O[C@H](CO[C@@H]2O[C@H](COC(=O)OCC(Cl)(Cl)Cl)[C@@H](OP(=O)(Oc3ccccc3)Oc3ccccc3)[C@H](OC(=O)CNC(=O)CCCCCCCCCCC)[C@@H]2NC(=O)OCC(Cl)(Cl)Cl)[C@H]1OCCOP(c1ccccc1)c1ccccc1. The third kappa shape index (κ3) is 47.0. The van der Waals surface area contributed by atoms with Crippen molar-refractivity contribution in [3.63, 3.8) is 0 Å². The number of unbranched alkanes of at least 4 members (excludes halogenated alkanes) is 24. The first-order chi connectivity index (χ1) is 67.2. The highest BCUT2D eigenvalue weighted by molar-refractivity contribution is 7.68. The number of para-hydroxylation sites is 2. The zero-order valence-corrected chi connectivity index (χ0v) is 87.2. The molecule has 8 rings (SSSR count). The molecule has 10 atom stereocenters. The van der Waals surface area contributed by atoms with E-state index in [0.717, 1.165) is 156 Å². The minimum atomic E-state index is -5.33. The van der Waals surface area contributed by atoms with Crippen LogP contribution in [0, 0.1) is 0 Å². The number of carbonyl (C=O) groups excluding carboxylic acids is 8. The van der Waals surface area contributed by atoms with Crippen LogP contribution >= 0.6 is 93.7 Å². The number of hydrogen-bond acceptors (Lipinski definition) is 24. The quantitative estimate of drug-likeness (QED) is 0.00906. The van der Waals surface area contributed by atoms with Crippen LogP contribution in [0.25, 0.3) is 0 Å². The van der Waals surface area contributed by atoms with E-state index < -0.39 is 181 Å². The lowest BCUT2D eigenvalue weighted by molar-refractivity contribution is -0.308. The molecule has 0 aromatic heterocycles. The molecule has 2 aliphatic heterocycles. The van der Waals surface area contributed by atoms with E-state index in [1.165, 1.54) is 55.5 Å². The monoisotopic (exact) mass is 2110 g/mol. The molecule has 2 saturated heterocycles. The molecule has 0 spiro atoms. The summed E-state index contributed by atoms with van der Waals surface area (Å²) in [6, 6.07) is 49.6. The number of ether oxygens (including phenoxy) is 10. The van der Waals surface area contributed by atoms with Crippen LogP contribution in [-0.4, -0.2) is 201 Å². The number of amides is 5. The van der Waals surface area contributed by atoms with Crippen LogP contribution in [0.3, 0.4) is 0 Å². The van der Waals surface area contributed by atoms with Gasteiger partial charge in [0.05, 0.1) is 55.9 Å². The van der Waals surface area contributed by atoms with Gasteiger partial charge < -0.3 is 91.6 Å². The minimum absolute atomic E-state index is 0.0138. The van der Waals surface area contributed by atoms with Crippen LogP contribution < -0.4 is 51.5 Å². The molecule has 0 radical (unpaired) electrons. The summed E-state index contributed by atoms with van der Waals surface area (Å²) in [6.45, 7) is -0.266. The molecule has 0 saturated carbocycles. The molecule has 2 aliphatic rings. The van der Waals surface area contributed by atoms with Crippen molar-refractivity contribution in [1.29, 1.82) is 0 Å². The Labute approximate surface area is 851 Å². The number of carbonyl (C=O) groups is 8. The summed E-state index contributed by atoms with van der Waals surface area (Å²) in [5.74, 6) is -4.50. The van der Waals surface area contributed by atoms with Crippen molar-refractivity contribution < 1.29 is 113 Å². The molecule has 2 fully saturated rings. The Kier molecular flexibility index (Phi) is 56.1. The molecule has 6 aromatic rings. The molecule has 38 heteroatoms. The number of benzene rings is 6. The van der Waals surface area contributed by atoms with E-state index in [9.17, 15) is 24.0 Å². The van der Waals surface area contributed by atoms with E-state index in [4.69, 9.17) is 140 Å². The fourth-order valence-electron chi connectivity index (χ4n) is 15.4. The molecule has 2 heterocycles. The van der Waals surface area contributed by atoms with Gasteiger partial charge in [-0.1, -0.05) is 402 Å². The lowest BCUT2D eigenvalue weighted by atomic mass is 9.95. The van der Waals surface area contributed by atoms with Crippen LogP contribution in [0.2, 0.25) is 0 Å². The van der Waals surface area contributed by atoms with Gasteiger partial charge in [-0.2, -0.15) is 0 Å². The van der Waals surface area contributed by atoms with Gasteiger partial charge in [0.25, 0.3) is 0 Å². The van der Waals surface area contributed by atoms with Gasteiger partial charge in [-0.3, -0.25) is 33.3 Å². The Morgan fingerprint density at radius 2 is 0.741 bits per heavy atom. The maximum Gasteiger partial charge on any atom is 0.588 e. The number of rotatable bonds is 67. The van der Waals surface area contributed by atoms with Crippen LogP contribution in [0.1, 0.15) is 213 Å². The van der Waals surface area contributed by atoms with Crippen LogP contribution in [0.15, 0.2) is 182 Å². The third-order valence-electron chi connectivity index (χ3n) is 22.5. The van der Waals surface area contributed by atoms with E-state index in [2.05, 4.69) is 42.0 Å². The largest absolute Gasteiger partial charge is 0.588 e. The standard InChI is InChI=1S/C101H138Cl6N5O24P3/c1-5-8-11-14-17-20-23-26-47-62-84(113)108-69-88(117)132-94-90(110-86(115)71-112(4)87(116)64-49-28-25-22-19-16-13-10-7-3)96(123-66-68-129-138(80-58-43-33-44-59-80)81-60-45-34-46-61-81)130-82(92(94)122-65-67-128-137(78-54-39-31-40-55-78)79-56-41-32-42-57-79)72-124-97-91(111-98(119)126-74-100(102,103)104)95(133-89(118)70-109-85(114)63-48-27-24-21-18-15-12-9-6-2)93(83(131-97)73-125-99(120)127-75-101(105,106)107)136-139(121,134-76-50-35-29-36-51-76)135-77-52-37-30-38-53-77/h29-46,50-61,82-83,90-97H,5-28,47-49,62-75H2,1-4H3,(H,108,113)(H,109,114)(H,110,115)(H,111,119)/t82-,83-,90+,91+,92-,93-,94-,95-,96+,97-/m1/s1. The van der Waals surface area contributed by atoms with Gasteiger partial charge in [-0.15, -0.1) is 0 Å². The first-order valence-electron chi connectivity index (χ1n) is 48.5. The molecule has 0 bridgehead atoms. The number of alkyl carbamates (subject to hydrolysis) is 1. The van der Waals surface area contributed by atoms with E-state index in [1.54, 1.807) is 36.4 Å². The second-order valence-corrected chi connectivity index (χ2v) is 44.2. The first-order valence-corrected chi connectivity index (χ1v) is 54.8. The molecule has 6 aromatic carbocycles. The number of esters is 2. The van der Waals surface area contributed by atoms with Gasteiger partial charge in [0.15, 0.2) is 24.8 Å². The average molecular weight is 2110 g/mol. The van der Waals surface area contributed by atoms with Crippen molar-refractivity contribution in [1.82, 2.24) is 26.2 Å². The lowest BCUT2D eigenvalue weighted by Crippen LogP contribution is -2.69. The lowest BCUT2D eigenvalue weighted by Gasteiger charge is -2.47. The van der Waals surface area contributed by atoms with Gasteiger partial charge in [-0.05, 0) is 43.5 Å². The maximum atomic E-state index is 16.1. The van der Waals surface area contributed by atoms with Crippen LogP contribution in [0.5, 0.6) is 11.5 Å². The molecular weight excluding hydrogens is 1970 g/mol. The third-order valence-corrected chi connectivity index (χ3v) is 28.4. The van der Waals surface area contributed by atoms with Crippen molar-refractivity contribution in [3.8, 4) is 11.5 Å². The summed E-state index contributed by atoms with van der Waals surface area (Å²) < 4.78 is 109. The number of nitrogens with zero attached hydrogens (tertiary/aromatic N) is 1. The highest BCUT2D eigenvalue weighted by atomic mass is 35.6. The number of phosphoric acid groups is 1. The number of hydrogen-bond donors (Lipinski definition) is 4. The summed E-state index contributed by atoms with van der Waals surface area (Å²) in [6.07, 6.45) is 8.59. The average Bonchev–Trinajstić information content (AvgIpc) is 0.771. The van der Waals surface area contributed by atoms with Crippen LogP contribution in [0.4, 0.5) is 9.59 Å². The Morgan fingerprint density at radius 3 is 1.15 bits per heavy atom. The number of nitrogens with one attached hydrogen (secondary N) is 4. The van der Waals surface area contributed by atoms with Gasteiger partial charge in [0.2, 0.25) is 31.2 Å². The summed E-state index contributed by atoms with van der Waals surface area (Å²) in [4.78, 5) is 117. The van der Waals surface area contributed by atoms with Crippen molar-refractivity contribution in [2.45, 2.75) is 282 Å². The number of halogens is 6. The fraction of sp³-hybridized carbons (Fsp3) is 0.564. The number of alkyl halides is 6. The highest BCUT2D eigenvalue weighted by Gasteiger charge is 2.57. The van der Waals surface area contributed by atoms with E-state index in [0.29, 0.717) is 19.3 Å². The minimum Gasteiger partial charge on any atom is -0.456 e. The summed E-state index contributed by atoms with van der Waals surface area (Å²) in [7, 11) is -6.94. The smallest absolute Gasteiger partial charge is 0.456 e. The van der Waals surface area contributed by atoms with Crippen molar-refractivity contribution >= 4 is 163 Å². The van der Waals surface area contributed by atoms with Crippen molar-refractivity contribution in [2.24, 2.45) is 0 Å². The molecule has 29 nitrogen and oxygen atoms in total. The number of likely N-dealkylation sites (N-methyl/N-ethyl adjacent to an activating group) is 1. The van der Waals surface area contributed by atoms with E-state index in [-0.39, 0.29) is 63.1 Å². The summed E-state index contributed by atoms with van der Waals surface area (Å²) >= 11 is 36.9. The van der Waals surface area contributed by atoms with E-state index in [1.807, 2.05) is 121 Å². The van der Waals surface area contributed by atoms with Crippen molar-refractivity contribution in [2.75, 3.05) is 79.5 Å². The zero-order chi connectivity index (χ0) is 99.7. The Hall–Kier alpha value is -7.21. The predicted molar refractivity (Wildman–Crippen MR) is 543 cm³/mol. The second kappa shape index (κ2) is 66.7. The zero-order valence-electron chi connectivity index (χ0n) is 79.9. The number of phosphoric ester groups is 1. The van der Waals surface area contributed by atoms with E-state index >= 15 is 18.9 Å². The van der Waals surface area contributed by atoms with Gasteiger partial charge in [0, 0.05) is 47.5 Å². The topological polar surface area (TPSA) is 343 Å². The second-order valence-electron chi connectivity index (χ2n) is 33.9. The molecular formula is C101H138Cl6N5O24P3.